The number of hydrogen-bond donors (Lipinski definition) is 2. The van der Waals surface area contributed by atoms with Crippen LogP contribution in [0.4, 0.5) is 5.69 Å². The number of nitrogens with zero attached hydrogens (tertiary/aromatic N) is 2. The van der Waals surface area contributed by atoms with Gasteiger partial charge < -0.3 is 11.1 Å². The molecule has 3 aromatic rings. The number of allylic oxidation sites excluding steroid dienone is 1. The van der Waals surface area contributed by atoms with Crippen molar-refractivity contribution in [1.82, 2.24) is 4.98 Å². The van der Waals surface area contributed by atoms with Gasteiger partial charge in [0.1, 0.15) is 10.8 Å². The molecule has 0 saturated heterocycles. The van der Waals surface area contributed by atoms with Crippen molar-refractivity contribution in [2.24, 2.45) is 10.7 Å². The molecule has 2 aromatic carbocycles. The summed E-state index contributed by atoms with van der Waals surface area (Å²) in [6, 6.07) is 17.3. The van der Waals surface area contributed by atoms with Crippen LogP contribution in [0.5, 0.6) is 0 Å². The van der Waals surface area contributed by atoms with Crippen LogP contribution < -0.4 is 11.1 Å². The molecule has 0 atom stereocenters. The van der Waals surface area contributed by atoms with Gasteiger partial charge in [0.05, 0.1) is 11.4 Å². The third-order valence-corrected chi connectivity index (χ3v) is 4.58. The SMILES string of the molecule is C=C(N=C/C=C(\N)c1nc(-c2ccccc2)cs1)Nc1ccc(Cl)cc1. The van der Waals surface area contributed by atoms with Crippen molar-refractivity contribution in [2.45, 2.75) is 0 Å². The maximum absolute atomic E-state index is 6.09. The molecular weight excluding hydrogens is 364 g/mol. The lowest BCUT2D eigenvalue weighted by molar-refractivity contribution is 1.33. The Kier molecular flexibility index (Phi) is 5.84. The molecule has 3 N–H and O–H groups in total. The third kappa shape index (κ3) is 4.81. The molecule has 26 heavy (non-hydrogen) atoms. The molecule has 1 heterocycles. The fourth-order valence-corrected chi connectivity index (χ4v) is 3.05. The van der Waals surface area contributed by atoms with Crippen molar-refractivity contribution < 1.29 is 0 Å². The molecule has 4 nitrogen and oxygen atoms in total. The van der Waals surface area contributed by atoms with Gasteiger partial charge in [-0.15, -0.1) is 11.3 Å². The van der Waals surface area contributed by atoms with Crippen molar-refractivity contribution in [3.63, 3.8) is 0 Å². The monoisotopic (exact) mass is 380 g/mol. The van der Waals surface area contributed by atoms with Gasteiger partial charge in [-0.05, 0) is 30.3 Å². The second-order valence-corrected chi connectivity index (χ2v) is 6.68. The van der Waals surface area contributed by atoms with Gasteiger partial charge in [-0.2, -0.15) is 0 Å². The summed E-state index contributed by atoms with van der Waals surface area (Å²) in [4.78, 5) is 8.80. The molecule has 0 radical (unpaired) electrons. The maximum atomic E-state index is 6.09. The van der Waals surface area contributed by atoms with E-state index < -0.39 is 0 Å². The number of aliphatic imine (C=N–C) groups is 1. The van der Waals surface area contributed by atoms with E-state index in [-0.39, 0.29) is 0 Å². The smallest absolute Gasteiger partial charge is 0.139 e. The Bertz CT molecular complexity index is 943. The topological polar surface area (TPSA) is 63.3 Å². The molecule has 0 fully saturated rings. The lowest BCUT2D eigenvalue weighted by atomic mass is 10.2. The van der Waals surface area contributed by atoms with Crippen molar-refractivity contribution in [1.29, 1.82) is 0 Å². The molecule has 0 spiro atoms. The molecule has 0 amide bonds. The number of halogens is 1. The summed E-state index contributed by atoms with van der Waals surface area (Å²) in [6.45, 7) is 3.86. The Balaban J connectivity index is 1.62. The average molecular weight is 381 g/mol. The van der Waals surface area contributed by atoms with Crippen LogP contribution >= 0.6 is 22.9 Å². The van der Waals surface area contributed by atoms with Crippen LogP contribution in [0.15, 0.2) is 83.4 Å². The van der Waals surface area contributed by atoms with Crippen LogP contribution in [0.1, 0.15) is 5.01 Å². The zero-order valence-electron chi connectivity index (χ0n) is 13.9. The highest BCUT2D eigenvalue weighted by molar-refractivity contribution is 7.11. The number of anilines is 1. The van der Waals surface area contributed by atoms with Gasteiger partial charge >= 0.3 is 0 Å². The Morgan fingerprint density at radius 3 is 2.62 bits per heavy atom. The van der Waals surface area contributed by atoms with E-state index in [4.69, 9.17) is 17.3 Å². The summed E-state index contributed by atoms with van der Waals surface area (Å²) in [7, 11) is 0. The Labute approximate surface area is 161 Å². The van der Waals surface area contributed by atoms with Gasteiger partial charge in [-0.25, -0.2) is 9.98 Å². The van der Waals surface area contributed by atoms with Gasteiger partial charge in [0.15, 0.2) is 0 Å². The average Bonchev–Trinajstić information content (AvgIpc) is 3.15. The molecule has 130 valence electrons. The van der Waals surface area contributed by atoms with Crippen LogP contribution in [-0.4, -0.2) is 11.2 Å². The molecular formula is C20H17ClN4S. The van der Waals surface area contributed by atoms with E-state index in [9.17, 15) is 0 Å². The van der Waals surface area contributed by atoms with Crippen molar-refractivity contribution in [3.05, 3.63) is 88.5 Å². The number of aromatic nitrogens is 1. The molecule has 0 unspecified atom stereocenters. The van der Waals surface area contributed by atoms with E-state index in [0.717, 1.165) is 22.0 Å². The van der Waals surface area contributed by atoms with E-state index in [2.05, 4.69) is 21.9 Å². The molecule has 6 heteroatoms. The van der Waals surface area contributed by atoms with Crippen LogP contribution in [0.3, 0.4) is 0 Å². The van der Waals surface area contributed by atoms with E-state index in [1.54, 1.807) is 24.4 Å². The minimum absolute atomic E-state index is 0.500. The zero-order chi connectivity index (χ0) is 18.4. The number of nitrogens with one attached hydrogen (secondary N) is 1. The highest BCUT2D eigenvalue weighted by atomic mass is 35.5. The fourth-order valence-electron chi connectivity index (χ4n) is 2.16. The van der Waals surface area contributed by atoms with E-state index in [1.165, 1.54) is 11.3 Å². The van der Waals surface area contributed by atoms with Crippen LogP contribution in [0.2, 0.25) is 5.02 Å². The Hall–Kier alpha value is -2.89. The van der Waals surface area contributed by atoms with E-state index in [1.807, 2.05) is 47.8 Å². The maximum Gasteiger partial charge on any atom is 0.139 e. The zero-order valence-corrected chi connectivity index (χ0v) is 15.5. The molecule has 0 saturated carbocycles. The van der Waals surface area contributed by atoms with Crippen molar-refractivity contribution in [3.8, 4) is 11.3 Å². The summed E-state index contributed by atoms with van der Waals surface area (Å²) < 4.78 is 0. The van der Waals surface area contributed by atoms with Gasteiger partial charge in [-0.3, -0.25) is 0 Å². The highest BCUT2D eigenvalue weighted by Crippen LogP contribution is 2.24. The van der Waals surface area contributed by atoms with Gasteiger partial charge in [0.25, 0.3) is 0 Å². The normalized spacial score (nSPS) is 11.7. The first-order chi connectivity index (χ1) is 12.6. The first-order valence-electron chi connectivity index (χ1n) is 7.84. The van der Waals surface area contributed by atoms with Gasteiger partial charge in [0.2, 0.25) is 0 Å². The Morgan fingerprint density at radius 2 is 1.88 bits per heavy atom. The molecule has 0 aliphatic rings. The van der Waals surface area contributed by atoms with E-state index in [0.29, 0.717) is 16.5 Å². The molecule has 0 bridgehead atoms. The van der Waals surface area contributed by atoms with Gasteiger partial charge in [0, 0.05) is 27.9 Å². The number of benzene rings is 2. The van der Waals surface area contributed by atoms with Crippen LogP contribution in [0.25, 0.3) is 17.0 Å². The quantitative estimate of drug-likeness (QED) is 0.561. The summed E-state index contributed by atoms with van der Waals surface area (Å²) in [6.07, 6.45) is 3.31. The lowest BCUT2D eigenvalue weighted by Crippen LogP contribution is -1.97. The fraction of sp³-hybridized carbons (Fsp3) is 0. The van der Waals surface area contributed by atoms with Crippen LogP contribution in [0, 0.1) is 0 Å². The number of rotatable bonds is 6. The number of nitrogens with two attached hydrogens (primary N) is 1. The first-order valence-corrected chi connectivity index (χ1v) is 9.10. The Morgan fingerprint density at radius 1 is 1.15 bits per heavy atom. The third-order valence-electron chi connectivity index (χ3n) is 3.44. The predicted molar refractivity (Wildman–Crippen MR) is 112 cm³/mol. The van der Waals surface area contributed by atoms with E-state index >= 15 is 0 Å². The lowest BCUT2D eigenvalue weighted by Gasteiger charge is -2.04. The van der Waals surface area contributed by atoms with Crippen molar-refractivity contribution in [2.75, 3.05) is 5.32 Å². The molecule has 3 rings (SSSR count). The highest BCUT2D eigenvalue weighted by Gasteiger charge is 2.05. The first kappa shape index (κ1) is 17.9. The summed E-state index contributed by atoms with van der Waals surface area (Å²) in [5.41, 5.74) is 9.49. The molecule has 0 aliphatic carbocycles. The molecule has 1 aromatic heterocycles. The van der Waals surface area contributed by atoms with Crippen molar-refractivity contribution >= 4 is 40.5 Å². The number of thiazole rings is 1. The second kappa shape index (κ2) is 8.47. The predicted octanol–water partition coefficient (Wildman–Crippen LogP) is 5.42. The molecule has 0 aliphatic heterocycles. The second-order valence-electron chi connectivity index (χ2n) is 5.38. The minimum atomic E-state index is 0.500. The summed E-state index contributed by atoms with van der Waals surface area (Å²) in [5.74, 6) is 0.500. The summed E-state index contributed by atoms with van der Waals surface area (Å²) in [5, 5.41) is 6.50. The van der Waals surface area contributed by atoms with Gasteiger partial charge in [-0.1, -0.05) is 48.5 Å². The van der Waals surface area contributed by atoms with Crippen LogP contribution in [-0.2, 0) is 0 Å². The standard InChI is InChI=1S/C20H17ClN4S/c1-14(24-17-9-7-16(21)8-10-17)23-12-11-18(22)20-25-19(13-26-20)15-5-3-2-4-6-15/h2-13,24H,1,22H2/b18-11-,23-12?. The number of hydrogen-bond acceptors (Lipinski definition) is 5. The largest absolute Gasteiger partial charge is 0.396 e. The minimum Gasteiger partial charge on any atom is -0.396 e. The summed E-state index contributed by atoms with van der Waals surface area (Å²) >= 11 is 7.36.